The van der Waals surface area contributed by atoms with Gasteiger partial charge >= 0.3 is 6.18 Å². The number of nitrogens with one attached hydrogen (secondary N) is 1. The molecule has 3 rings (SSSR count). The summed E-state index contributed by atoms with van der Waals surface area (Å²) in [6.45, 7) is 1.65. The fraction of sp³-hybridized carbons (Fsp3) is 0.733. The molecule has 1 N–H and O–H groups in total. The smallest absolute Gasteiger partial charge is 0.342 e. The average molecular weight is 367 g/mol. The van der Waals surface area contributed by atoms with Crippen molar-refractivity contribution in [3.05, 3.63) is 18.0 Å². The van der Waals surface area contributed by atoms with E-state index < -0.39 is 12.1 Å². The Morgan fingerprint density at radius 3 is 2.50 bits per heavy atom. The first-order chi connectivity index (χ1) is 10.9. The minimum atomic E-state index is -4.15. The van der Waals surface area contributed by atoms with Crippen LogP contribution in [-0.4, -0.2) is 52.9 Å². The van der Waals surface area contributed by atoms with E-state index in [2.05, 4.69) is 10.4 Å². The van der Waals surface area contributed by atoms with Crippen LogP contribution in [0.2, 0.25) is 0 Å². The van der Waals surface area contributed by atoms with Gasteiger partial charge in [0.05, 0.1) is 18.0 Å². The highest BCUT2D eigenvalue weighted by molar-refractivity contribution is 5.85. The molecular formula is C15H22ClF3N4O. The number of hydrogen-bond acceptors (Lipinski definition) is 3. The number of aromatic nitrogens is 2. The van der Waals surface area contributed by atoms with Crippen molar-refractivity contribution >= 4 is 18.3 Å². The molecule has 5 nitrogen and oxygen atoms in total. The van der Waals surface area contributed by atoms with E-state index in [4.69, 9.17) is 0 Å². The highest BCUT2D eigenvalue weighted by Gasteiger charge is 2.43. The van der Waals surface area contributed by atoms with Crippen LogP contribution >= 0.6 is 12.4 Å². The number of hydrogen-bond donors (Lipinski definition) is 1. The minimum Gasteiger partial charge on any atom is -0.342 e. The summed E-state index contributed by atoms with van der Waals surface area (Å²) in [7, 11) is 1.82. The van der Waals surface area contributed by atoms with E-state index in [1.165, 1.54) is 0 Å². The molecule has 0 saturated carbocycles. The minimum absolute atomic E-state index is 0. The van der Waals surface area contributed by atoms with Crippen LogP contribution in [0.5, 0.6) is 0 Å². The lowest BCUT2D eigenvalue weighted by Gasteiger charge is -2.35. The molecule has 0 aliphatic carbocycles. The normalized spacial score (nSPS) is 25.6. The van der Waals surface area contributed by atoms with E-state index in [-0.39, 0.29) is 56.1 Å². The number of amides is 1. The van der Waals surface area contributed by atoms with Gasteiger partial charge in [0, 0.05) is 45.3 Å². The third kappa shape index (κ3) is 3.85. The first-order valence-electron chi connectivity index (χ1n) is 7.91. The Hall–Kier alpha value is -1.28. The third-order valence-electron chi connectivity index (χ3n) is 4.95. The average Bonchev–Trinajstić information content (AvgIpc) is 3.14. The van der Waals surface area contributed by atoms with Gasteiger partial charge in [-0.05, 0) is 18.4 Å². The summed E-state index contributed by atoms with van der Waals surface area (Å²) >= 11 is 0. The summed E-state index contributed by atoms with van der Waals surface area (Å²) in [6.07, 6.45) is -0.482. The van der Waals surface area contributed by atoms with Crippen LogP contribution in [0.15, 0.2) is 12.4 Å². The first kappa shape index (κ1) is 19.1. The second kappa shape index (κ2) is 7.31. The molecular weight excluding hydrogens is 345 g/mol. The van der Waals surface area contributed by atoms with Gasteiger partial charge < -0.3 is 10.2 Å². The molecule has 0 spiro atoms. The molecule has 0 unspecified atom stereocenters. The fourth-order valence-corrected chi connectivity index (χ4v) is 3.58. The second-order valence-electron chi connectivity index (χ2n) is 6.46. The Morgan fingerprint density at radius 1 is 1.29 bits per heavy atom. The predicted molar refractivity (Wildman–Crippen MR) is 84.9 cm³/mol. The summed E-state index contributed by atoms with van der Waals surface area (Å²) in [5.74, 6) is -1.50. The van der Waals surface area contributed by atoms with Gasteiger partial charge in [-0.25, -0.2) is 0 Å². The molecule has 9 heteroatoms. The largest absolute Gasteiger partial charge is 0.391 e. The standard InChI is InChI=1S/C15H21F3N4O.ClH/c1-21-9-10(6-20-21)12-7-19-8-13(12)14(23)22-4-2-11(3-5-22)15(16,17)18;/h6,9,11-13,19H,2-5,7-8H2,1H3;1H/t12-,13+;/m1./s1. The summed E-state index contributed by atoms with van der Waals surface area (Å²) in [5, 5.41) is 7.36. The molecule has 1 aromatic rings. The van der Waals surface area contributed by atoms with Gasteiger partial charge in [0.2, 0.25) is 5.91 Å². The van der Waals surface area contributed by atoms with Crippen molar-refractivity contribution in [2.45, 2.75) is 24.9 Å². The van der Waals surface area contributed by atoms with E-state index in [1.807, 2.05) is 13.2 Å². The number of aryl methyl sites for hydroxylation is 1. The van der Waals surface area contributed by atoms with Crippen molar-refractivity contribution in [3.8, 4) is 0 Å². The third-order valence-corrected chi connectivity index (χ3v) is 4.95. The molecule has 0 radical (unpaired) electrons. The molecule has 2 atom stereocenters. The monoisotopic (exact) mass is 366 g/mol. The predicted octanol–water partition coefficient (Wildman–Crippen LogP) is 1.95. The SMILES string of the molecule is Cl.Cn1cc([C@H]2CNC[C@@H]2C(=O)N2CCC(C(F)(F)F)CC2)cn1. The van der Waals surface area contributed by atoms with Crippen LogP contribution < -0.4 is 5.32 Å². The second-order valence-corrected chi connectivity index (χ2v) is 6.46. The molecule has 136 valence electrons. The zero-order valence-corrected chi connectivity index (χ0v) is 14.2. The molecule has 1 aromatic heterocycles. The van der Waals surface area contributed by atoms with Gasteiger partial charge in [-0.2, -0.15) is 18.3 Å². The van der Waals surface area contributed by atoms with E-state index >= 15 is 0 Å². The molecule has 2 aliphatic rings. The molecule has 1 amide bonds. The summed E-state index contributed by atoms with van der Waals surface area (Å²) in [5.41, 5.74) is 1.00. The van der Waals surface area contributed by atoms with Crippen molar-refractivity contribution < 1.29 is 18.0 Å². The van der Waals surface area contributed by atoms with Crippen LogP contribution in [0.3, 0.4) is 0 Å². The summed E-state index contributed by atoms with van der Waals surface area (Å²) in [4.78, 5) is 14.3. The zero-order chi connectivity index (χ0) is 16.6. The number of alkyl halides is 3. The number of likely N-dealkylation sites (tertiary alicyclic amines) is 1. The Bertz CT molecular complexity index is 569. The number of rotatable bonds is 2. The van der Waals surface area contributed by atoms with E-state index in [0.29, 0.717) is 13.1 Å². The van der Waals surface area contributed by atoms with Crippen molar-refractivity contribution in [3.63, 3.8) is 0 Å². The van der Waals surface area contributed by atoms with Crippen molar-refractivity contribution in [2.75, 3.05) is 26.2 Å². The number of carbonyl (C=O) groups excluding carboxylic acids is 1. The molecule has 0 aromatic carbocycles. The maximum absolute atomic E-state index is 12.7. The fourth-order valence-electron chi connectivity index (χ4n) is 3.58. The Labute approximate surface area is 145 Å². The molecule has 0 bridgehead atoms. The van der Waals surface area contributed by atoms with Crippen molar-refractivity contribution in [1.29, 1.82) is 0 Å². The Morgan fingerprint density at radius 2 is 1.96 bits per heavy atom. The van der Waals surface area contributed by atoms with Gasteiger partial charge in [-0.1, -0.05) is 0 Å². The molecule has 2 saturated heterocycles. The first-order valence-corrected chi connectivity index (χ1v) is 7.91. The number of piperidine rings is 1. The Balaban J connectivity index is 0.00000208. The van der Waals surface area contributed by atoms with Crippen LogP contribution in [-0.2, 0) is 11.8 Å². The topological polar surface area (TPSA) is 50.2 Å². The quantitative estimate of drug-likeness (QED) is 0.870. The van der Waals surface area contributed by atoms with Crippen LogP contribution in [0.4, 0.5) is 13.2 Å². The molecule has 2 fully saturated rings. The van der Waals surface area contributed by atoms with Crippen LogP contribution in [0, 0.1) is 11.8 Å². The number of nitrogens with zero attached hydrogens (tertiary/aromatic N) is 3. The zero-order valence-electron chi connectivity index (χ0n) is 13.4. The van der Waals surface area contributed by atoms with Gasteiger partial charge in [0.1, 0.15) is 0 Å². The maximum Gasteiger partial charge on any atom is 0.391 e. The van der Waals surface area contributed by atoms with Crippen LogP contribution in [0.25, 0.3) is 0 Å². The van der Waals surface area contributed by atoms with Gasteiger partial charge in [-0.3, -0.25) is 9.48 Å². The molecule has 3 heterocycles. The summed E-state index contributed by atoms with van der Waals surface area (Å²) in [6, 6.07) is 0. The van der Waals surface area contributed by atoms with E-state index in [1.54, 1.807) is 15.8 Å². The molecule has 2 aliphatic heterocycles. The maximum atomic E-state index is 12.7. The van der Waals surface area contributed by atoms with E-state index in [0.717, 1.165) is 5.56 Å². The van der Waals surface area contributed by atoms with Crippen molar-refractivity contribution in [1.82, 2.24) is 20.0 Å². The van der Waals surface area contributed by atoms with Crippen molar-refractivity contribution in [2.24, 2.45) is 18.9 Å². The van der Waals surface area contributed by atoms with Gasteiger partial charge in [-0.15, -0.1) is 12.4 Å². The number of halogens is 4. The van der Waals surface area contributed by atoms with Gasteiger partial charge in [0.15, 0.2) is 0 Å². The lowest BCUT2D eigenvalue weighted by atomic mass is 9.88. The molecule has 24 heavy (non-hydrogen) atoms. The van der Waals surface area contributed by atoms with E-state index in [9.17, 15) is 18.0 Å². The summed E-state index contributed by atoms with van der Waals surface area (Å²) < 4.78 is 39.9. The Kier molecular flexibility index (Phi) is 5.80. The lowest BCUT2D eigenvalue weighted by Crippen LogP contribution is -2.45. The lowest BCUT2D eigenvalue weighted by molar-refractivity contribution is -0.186. The highest BCUT2D eigenvalue weighted by Crippen LogP contribution is 2.36. The van der Waals surface area contributed by atoms with Crippen LogP contribution in [0.1, 0.15) is 24.3 Å². The van der Waals surface area contributed by atoms with Gasteiger partial charge in [0.25, 0.3) is 0 Å². The highest BCUT2D eigenvalue weighted by atomic mass is 35.5. The number of carbonyl (C=O) groups is 1.